The molecule has 0 bridgehead atoms. The Labute approximate surface area is 178 Å². The van der Waals surface area contributed by atoms with Crippen molar-refractivity contribution in [3.63, 3.8) is 0 Å². The first-order valence-electron chi connectivity index (χ1n) is 10.4. The van der Waals surface area contributed by atoms with Crippen LogP contribution in [0.5, 0.6) is 0 Å². The van der Waals surface area contributed by atoms with E-state index in [0.29, 0.717) is 6.54 Å². The second-order valence-electron chi connectivity index (χ2n) is 7.93. The van der Waals surface area contributed by atoms with Crippen LogP contribution in [0.15, 0.2) is 73.1 Å². The third-order valence-corrected chi connectivity index (χ3v) is 5.67. The van der Waals surface area contributed by atoms with E-state index in [0.717, 1.165) is 36.4 Å². The van der Waals surface area contributed by atoms with Crippen molar-refractivity contribution in [2.45, 2.75) is 19.5 Å². The van der Waals surface area contributed by atoms with Gasteiger partial charge in [0.1, 0.15) is 0 Å². The van der Waals surface area contributed by atoms with E-state index in [9.17, 15) is 4.79 Å². The van der Waals surface area contributed by atoms with Gasteiger partial charge in [0.25, 0.3) is 5.91 Å². The number of hydrogen-bond acceptors (Lipinski definition) is 4. The average Bonchev–Trinajstić information content (AvgIpc) is 2.81. The molecule has 30 heavy (non-hydrogen) atoms. The van der Waals surface area contributed by atoms with Crippen LogP contribution < -0.4 is 10.2 Å². The number of pyridine rings is 1. The maximum Gasteiger partial charge on any atom is 0.253 e. The lowest BCUT2D eigenvalue weighted by atomic mass is 10.0. The highest BCUT2D eigenvalue weighted by Crippen LogP contribution is 2.21. The Balaban J connectivity index is 1.40. The zero-order valence-electron chi connectivity index (χ0n) is 17.6. The molecule has 2 aromatic carbocycles. The van der Waals surface area contributed by atoms with Crippen molar-refractivity contribution in [1.29, 1.82) is 0 Å². The summed E-state index contributed by atoms with van der Waals surface area (Å²) in [7, 11) is 2.08. The highest BCUT2D eigenvalue weighted by molar-refractivity contribution is 5.94. The SMILES string of the molecule is Cc1ccc(CN(C)c2ccc(C(=O)N3CCNC(c4ccncc4)C3)cc2)cc1. The maximum atomic E-state index is 13.1. The lowest BCUT2D eigenvalue weighted by Gasteiger charge is -2.34. The summed E-state index contributed by atoms with van der Waals surface area (Å²) >= 11 is 0. The Kier molecular flexibility index (Phi) is 6.10. The lowest BCUT2D eigenvalue weighted by molar-refractivity contribution is 0.0703. The highest BCUT2D eigenvalue weighted by atomic mass is 16.2. The van der Waals surface area contributed by atoms with Gasteiger partial charge >= 0.3 is 0 Å². The zero-order valence-corrected chi connectivity index (χ0v) is 17.6. The molecule has 0 saturated carbocycles. The topological polar surface area (TPSA) is 48.5 Å². The molecular formula is C25H28N4O. The van der Waals surface area contributed by atoms with Crippen molar-refractivity contribution < 1.29 is 4.79 Å². The molecular weight excluding hydrogens is 372 g/mol. The zero-order chi connectivity index (χ0) is 20.9. The molecule has 1 N–H and O–H groups in total. The summed E-state index contributed by atoms with van der Waals surface area (Å²) in [6.07, 6.45) is 3.59. The van der Waals surface area contributed by atoms with Gasteiger partial charge in [0, 0.05) is 56.9 Å². The lowest BCUT2D eigenvalue weighted by Crippen LogP contribution is -2.48. The molecule has 0 radical (unpaired) electrons. The van der Waals surface area contributed by atoms with Gasteiger partial charge in [-0.05, 0) is 54.4 Å². The van der Waals surface area contributed by atoms with Crippen molar-refractivity contribution >= 4 is 11.6 Å². The molecule has 1 atom stereocenters. The molecule has 5 nitrogen and oxygen atoms in total. The molecule has 154 valence electrons. The fourth-order valence-electron chi connectivity index (χ4n) is 3.85. The Morgan fingerprint density at radius 2 is 1.77 bits per heavy atom. The number of hydrogen-bond donors (Lipinski definition) is 1. The predicted octanol–water partition coefficient (Wildman–Crippen LogP) is 3.81. The van der Waals surface area contributed by atoms with E-state index in [-0.39, 0.29) is 11.9 Å². The molecule has 0 spiro atoms. The van der Waals surface area contributed by atoms with Crippen molar-refractivity contribution in [1.82, 2.24) is 15.2 Å². The number of amides is 1. The van der Waals surface area contributed by atoms with Crippen LogP contribution in [0.1, 0.15) is 33.1 Å². The minimum atomic E-state index is 0.0864. The minimum Gasteiger partial charge on any atom is -0.370 e. The van der Waals surface area contributed by atoms with Gasteiger partial charge in [-0.25, -0.2) is 0 Å². The van der Waals surface area contributed by atoms with Crippen LogP contribution >= 0.6 is 0 Å². The second-order valence-corrected chi connectivity index (χ2v) is 7.93. The van der Waals surface area contributed by atoms with E-state index in [1.165, 1.54) is 11.1 Å². The summed E-state index contributed by atoms with van der Waals surface area (Å²) in [5.74, 6) is 0.0864. The largest absolute Gasteiger partial charge is 0.370 e. The fraction of sp³-hybridized carbons (Fsp3) is 0.280. The Bertz CT molecular complexity index is 970. The molecule has 1 aromatic heterocycles. The third kappa shape index (κ3) is 4.69. The van der Waals surface area contributed by atoms with E-state index in [1.807, 2.05) is 41.3 Å². The first-order valence-corrected chi connectivity index (χ1v) is 10.4. The van der Waals surface area contributed by atoms with Gasteiger partial charge in [0.2, 0.25) is 0 Å². The first kappa shape index (κ1) is 20.1. The van der Waals surface area contributed by atoms with Crippen LogP contribution in [0.4, 0.5) is 5.69 Å². The summed E-state index contributed by atoms with van der Waals surface area (Å²) in [4.78, 5) is 21.3. The van der Waals surface area contributed by atoms with Crippen LogP contribution in [0.25, 0.3) is 0 Å². The summed E-state index contributed by atoms with van der Waals surface area (Å²) < 4.78 is 0. The van der Waals surface area contributed by atoms with Crippen LogP contribution in [0.2, 0.25) is 0 Å². The van der Waals surface area contributed by atoms with Crippen LogP contribution in [0, 0.1) is 6.92 Å². The number of aromatic nitrogens is 1. The van der Waals surface area contributed by atoms with E-state index in [2.05, 4.69) is 53.4 Å². The maximum absolute atomic E-state index is 13.1. The third-order valence-electron chi connectivity index (χ3n) is 5.67. The Morgan fingerprint density at radius 1 is 1.07 bits per heavy atom. The molecule has 2 heterocycles. The number of aryl methyl sites for hydroxylation is 1. The summed E-state index contributed by atoms with van der Waals surface area (Å²) in [6, 6.07) is 20.7. The van der Waals surface area contributed by atoms with Crippen molar-refractivity contribution in [3.8, 4) is 0 Å². The molecule has 1 aliphatic rings. The highest BCUT2D eigenvalue weighted by Gasteiger charge is 2.25. The smallest absolute Gasteiger partial charge is 0.253 e. The summed E-state index contributed by atoms with van der Waals surface area (Å²) in [5, 5.41) is 3.49. The number of nitrogens with one attached hydrogen (secondary N) is 1. The van der Waals surface area contributed by atoms with Gasteiger partial charge < -0.3 is 15.1 Å². The van der Waals surface area contributed by atoms with Gasteiger partial charge in [-0.3, -0.25) is 9.78 Å². The van der Waals surface area contributed by atoms with E-state index in [4.69, 9.17) is 0 Å². The number of rotatable bonds is 5. The molecule has 1 fully saturated rings. The predicted molar refractivity (Wildman–Crippen MR) is 121 cm³/mol. The number of nitrogens with zero attached hydrogens (tertiary/aromatic N) is 3. The van der Waals surface area contributed by atoms with Crippen LogP contribution in [-0.2, 0) is 6.54 Å². The van der Waals surface area contributed by atoms with Gasteiger partial charge in [-0.2, -0.15) is 0 Å². The molecule has 5 heteroatoms. The van der Waals surface area contributed by atoms with Gasteiger partial charge in [-0.1, -0.05) is 29.8 Å². The molecule has 3 aromatic rings. The Morgan fingerprint density at radius 3 is 2.47 bits per heavy atom. The monoisotopic (exact) mass is 400 g/mol. The van der Waals surface area contributed by atoms with E-state index < -0.39 is 0 Å². The number of anilines is 1. The summed E-state index contributed by atoms with van der Waals surface area (Å²) in [6.45, 7) is 5.10. The first-order chi connectivity index (χ1) is 14.6. The number of benzene rings is 2. The number of carbonyl (C=O) groups excluding carboxylic acids is 1. The number of carbonyl (C=O) groups is 1. The molecule has 1 unspecified atom stereocenters. The van der Waals surface area contributed by atoms with Gasteiger partial charge in [0.05, 0.1) is 6.04 Å². The molecule has 1 saturated heterocycles. The molecule has 1 aliphatic heterocycles. The average molecular weight is 401 g/mol. The van der Waals surface area contributed by atoms with E-state index >= 15 is 0 Å². The van der Waals surface area contributed by atoms with Crippen LogP contribution in [-0.4, -0.2) is 42.5 Å². The van der Waals surface area contributed by atoms with Crippen molar-refractivity contribution in [2.75, 3.05) is 31.6 Å². The number of piperazine rings is 1. The van der Waals surface area contributed by atoms with Crippen LogP contribution in [0.3, 0.4) is 0 Å². The molecule has 1 amide bonds. The molecule has 4 rings (SSSR count). The van der Waals surface area contributed by atoms with Gasteiger partial charge in [0.15, 0.2) is 0 Å². The summed E-state index contributed by atoms with van der Waals surface area (Å²) in [5.41, 5.74) is 5.53. The van der Waals surface area contributed by atoms with Crippen molar-refractivity contribution in [3.05, 3.63) is 95.3 Å². The second kappa shape index (κ2) is 9.09. The van der Waals surface area contributed by atoms with E-state index in [1.54, 1.807) is 12.4 Å². The van der Waals surface area contributed by atoms with Crippen molar-refractivity contribution in [2.24, 2.45) is 0 Å². The van der Waals surface area contributed by atoms with Gasteiger partial charge in [-0.15, -0.1) is 0 Å². The molecule has 0 aliphatic carbocycles. The fourth-order valence-corrected chi connectivity index (χ4v) is 3.85. The Hall–Kier alpha value is -3.18. The minimum absolute atomic E-state index is 0.0864. The standard InChI is InChI=1S/C25H28N4O/c1-19-3-5-20(6-4-19)17-28(2)23-9-7-22(8-10-23)25(30)29-16-15-27-24(18-29)21-11-13-26-14-12-21/h3-14,24,27H,15-18H2,1-2H3. The quantitative estimate of drug-likeness (QED) is 0.708. The normalized spacial score (nSPS) is 16.3.